The van der Waals surface area contributed by atoms with Crippen molar-refractivity contribution in [2.75, 3.05) is 25.1 Å². The predicted octanol–water partition coefficient (Wildman–Crippen LogP) is 2.05. The van der Waals surface area contributed by atoms with Crippen molar-refractivity contribution in [2.24, 2.45) is 0 Å². The van der Waals surface area contributed by atoms with Crippen LogP contribution in [0.3, 0.4) is 0 Å². The number of hydrogen-bond donors (Lipinski definition) is 2. The molecule has 1 aromatic rings. The Morgan fingerprint density at radius 1 is 1.57 bits per heavy atom. The largest absolute Gasteiger partial charge is 0.379 e. The van der Waals surface area contributed by atoms with Gasteiger partial charge < -0.3 is 15.4 Å². The molecule has 2 rings (SSSR count). The number of nitro benzene ring substituents is 1. The number of hydrogen-bond acceptors (Lipinski definition) is 5. The SMILES string of the molecule is CC(CC1COCCN1)Nc1c(F)cc(F)cc1[N+](=O)[O-]. The van der Waals surface area contributed by atoms with Crippen molar-refractivity contribution < 1.29 is 18.4 Å². The Kier molecular flexibility index (Phi) is 5.03. The first-order chi connectivity index (χ1) is 9.97. The number of anilines is 1. The van der Waals surface area contributed by atoms with Gasteiger partial charge in [0.2, 0.25) is 0 Å². The number of nitrogens with one attached hydrogen (secondary N) is 2. The zero-order chi connectivity index (χ0) is 15.4. The zero-order valence-electron chi connectivity index (χ0n) is 11.6. The van der Waals surface area contributed by atoms with E-state index in [0.29, 0.717) is 31.8 Å². The van der Waals surface area contributed by atoms with Gasteiger partial charge in [-0.3, -0.25) is 10.1 Å². The zero-order valence-corrected chi connectivity index (χ0v) is 11.6. The Labute approximate surface area is 120 Å². The van der Waals surface area contributed by atoms with Crippen molar-refractivity contribution in [1.29, 1.82) is 0 Å². The van der Waals surface area contributed by atoms with E-state index in [4.69, 9.17) is 4.74 Å². The second kappa shape index (κ2) is 6.77. The summed E-state index contributed by atoms with van der Waals surface area (Å²) in [6.45, 7) is 3.71. The molecule has 2 unspecified atom stereocenters. The first-order valence-corrected chi connectivity index (χ1v) is 6.68. The molecule has 21 heavy (non-hydrogen) atoms. The normalized spacial score (nSPS) is 20.0. The third-order valence-corrected chi connectivity index (χ3v) is 3.26. The number of halogens is 2. The van der Waals surface area contributed by atoms with Crippen LogP contribution < -0.4 is 10.6 Å². The van der Waals surface area contributed by atoms with Gasteiger partial charge in [0.05, 0.1) is 24.2 Å². The van der Waals surface area contributed by atoms with Crippen LogP contribution in [0.25, 0.3) is 0 Å². The van der Waals surface area contributed by atoms with Crippen molar-refractivity contribution >= 4 is 11.4 Å². The van der Waals surface area contributed by atoms with Crippen LogP contribution in [0.15, 0.2) is 12.1 Å². The van der Waals surface area contributed by atoms with Gasteiger partial charge in [-0.2, -0.15) is 0 Å². The minimum Gasteiger partial charge on any atom is -0.379 e. The first kappa shape index (κ1) is 15.6. The van der Waals surface area contributed by atoms with E-state index in [1.54, 1.807) is 6.92 Å². The smallest absolute Gasteiger partial charge is 0.298 e. The summed E-state index contributed by atoms with van der Waals surface area (Å²) in [5, 5.41) is 16.9. The molecule has 0 aromatic heterocycles. The molecule has 0 radical (unpaired) electrons. The summed E-state index contributed by atoms with van der Waals surface area (Å²) in [6, 6.07) is 1.20. The lowest BCUT2D eigenvalue weighted by Crippen LogP contribution is -2.43. The molecule has 1 aromatic carbocycles. The molecule has 116 valence electrons. The fourth-order valence-corrected chi connectivity index (χ4v) is 2.35. The molecule has 0 bridgehead atoms. The van der Waals surface area contributed by atoms with Crippen molar-refractivity contribution in [3.05, 3.63) is 33.9 Å². The van der Waals surface area contributed by atoms with Crippen LogP contribution in [0, 0.1) is 21.7 Å². The minimum absolute atomic E-state index is 0.101. The summed E-state index contributed by atoms with van der Waals surface area (Å²) in [6.07, 6.45) is 0.605. The molecule has 0 saturated carbocycles. The van der Waals surface area contributed by atoms with Crippen LogP contribution in [0.2, 0.25) is 0 Å². The van der Waals surface area contributed by atoms with Crippen LogP contribution in [0.1, 0.15) is 13.3 Å². The molecule has 1 heterocycles. The van der Waals surface area contributed by atoms with Crippen molar-refractivity contribution in [2.45, 2.75) is 25.4 Å². The molecule has 0 amide bonds. The number of benzene rings is 1. The van der Waals surface area contributed by atoms with E-state index in [1.165, 1.54) is 0 Å². The molecule has 8 heteroatoms. The lowest BCUT2D eigenvalue weighted by atomic mass is 10.1. The van der Waals surface area contributed by atoms with Crippen LogP contribution >= 0.6 is 0 Å². The lowest BCUT2D eigenvalue weighted by Gasteiger charge is -2.27. The van der Waals surface area contributed by atoms with Crippen LogP contribution in [0.4, 0.5) is 20.2 Å². The van der Waals surface area contributed by atoms with E-state index in [-0.39, 0.29) is 17.8 Å². The van der Waals surface area contributed by atoms with Gasteiger partial charge in [0.15, 0.2) is 5.82 Å². The van der Waals surface area contributed by atoms with Gasteiger partial charge in [-0.25, -0.2) is 8.78 Å². The average molecular weight is 301 g/mol. The monoisotopic (exact) mass is 301 g/mol. The Balaban J connectivity index is 2.09. The summed E-state index contributed by atoms with van der Waals surface area (Å²) in [5.74, 6) is -1.94. The molecule has 1 aliphatic heterocycles. The Hall–Kier alpha value is -1.80. The summed E-state index contributed by atoms with van der Waals surface area (Å²) >= 11 is 0. The fourth-order valence-electron chi connectivity index (χ4n) is 2.35. The van der Waals surface area contributed by atoms with Crippen molar-refractivity contribution in [3.63, 3.8) is 0 Å². The summed E-state index contributed by atoms with van der Waals surface area (Å²) in [4.78, 5) is 10.1. The fraction of sp³-hybridized carbons (Fsp3) is 0.538. The molecule has 1 saturated heterocycles. The maximum Gasteiger partial charge on any atom is 0.298 e. The van der Waals surface area contributed by atoms with Gasteiger partial charge in [-0.15, -0.1) is 0 Å². The van der Waals surface area contributed by atoms with E-state index >= 15 is 0 Å². The number of rotatable bonds is 5. The maximum absolute atomic E-state index is 13.8. The third kappa shape index (κ3) is 4.08. The van der Waals surface area contributed by atoms with E-state index in [1.807, 2.05) is 0 Å². The average Bonchev–Trinajstić information content (AvgIpc) is 2.42. The number of nitrogens with zero attached hydrogens (tertiary/aromatic N) is 1. The summed E-state index contributed by atoms with van der Waals surface area (Å²) < 4.78 is 32.2. The van der Waals surface area contributed by atoms with Gasteiger partial charge in [0.1, 0.15) is 11.5 Å². The van der Waals surface area contributed by atoms with Gasteiger partial charge >= 0.3 is 0 Å². The molecule has 2 atom stereocenters. The van der Waals surface area contributed by atoms with Gasteiger partial charge in [-0.1, -0.05) is 0 Å². The second-order valence-corrected chi connectivity index (χ2v) is 5.05. The topological polar surface area (TPSA) is 76.4 Å². The second-order valence-electron chi connectivity index (χ2n) is 5.05. The van der Waals surface area contributed by atoms with Crippen LogP contribution in [0.5, 0.6) is 0 Å². The molecular weight excluding hydrogens is 284 g/mol. The van der Waals surface area contributed by atoms with E-state index in [9.17, 15) is 18.9 Å². The number of morpholine rings is 1. The Morgan fingerprint density at radius 3 is 2.95 bits per heavy atom. The highest BCUT2D eigenvalue weighted by Crippen LogP contribution is 2.29. The Bertz CT molecular complexity index is 522. The molecule has 0 spiro atoms. The van der Waals surface area contributed by atoms with E-state index in [2.05, 4.69) is 10.6 Å². The van der Waals surface area contributed by atoms with Crippen LogP contribution in [-0.4, -0.2) is 36.8 Å². The first-order valence-electron chi connectivity index (χ1n) is 6.68. The highest BCUT2D eigenvalue weighted by Gasteiger charge is 2.23. The maximum atomic E-state index is 13.8. The molecule has 1 aliphatic rings. The molecular formula is C13H17F2N3O3. The van der Waals surface area contributed by atoms with Gasteiger partial charge in [0, 0.05) is 24.7 Å². The highest BCUT2D eigenvalue weighted by atomic mass is 19.1. The summed E-state index contributed by atoms with van der Waals surface area (Å²) in [5.41, 5.74) is -0.891. The van der Waals surface area contributed by atoms with Gasteiger partial charge in [-0.05, 0) is 13.3 Å². The molecule has 0 aliphatic carbocycles. The molecule has 1 fully saturated rings. The van der Waals surface area contributed by atoms with Crippen molar-refractivity contribution in [3.8, 4) is 0 Å². The number of nitro groups is 1. The molecule has 6 nitrogen and oxygen atoms in total. The standard InChI is InChI=1S/C13H17F2N3O3/c1-8(4-10-7-21-3-2-16-10)17-13-11(15)5-9(14)6-12(13)18(19)20/h5-6,8,10,16-17H,2-4,7H2,1H3. The van der Waals surface area contributed by atoms with Crippen LogP contribution in [-0.2, 0) is 4.74 Å². The highest BCUT2D eigenvalue weighted by molar-refractivity contribution is 5.62. The summed E-state index contributed by atoms with van der Waals surface area (Å²) in [7, 11) is 0. The van der Waals surface area contributed by atoms with E-state index < -0.39 is 22.2 Å². The lowest BCUT2D eigenvalue weighted by molar-refractivity contribution is -0.384. The quantitative estimate of drug-likeness (QED) is 0.643. The minimum atomic E-state index is -0.972. The molecule has 2 N–H and O–H groups in total. The third-order valence-electron chi connectivity index (χ3n) is 3.26. The predicted molar refractivity (Wildman–Crippen MR) is 73.3 cm³/mol. The number of ether oxygens (including phenoxy) is 1. The Morgan fingerprint density at radius 2 is 2.33 bits per heavy atom. The van der Waals surface area contributed by atoms with Crippen molar-refractivity contribution in [1.82, 2.24) is 5.32 Å². The van der Waals surface area contributed by atoms with Gasteiger partial charge in [0.25, 0.3) is 5.69 Å². The van der Waals surface area contributed by atoms with E-state index in [0.717, 1.165) is 6.54 Å².